The maximum atomic E-state index is 10.4. The zero-order chi connectivity index (χ0) is 13.2. The molecular weight excluding hydrogens is 224 g/mol. The molecule has 18 heavy (non-hydrogen) atoms. The van der Waals surface area contributed by atoms with Gasteiger partial charge in [-0.15, -0.1) is 0 Å². The van der Waals surface area contributed by atoms with E-state index in [0.717, 1.165) is 32.2 Å². The topological polar surface area (TPSA) is 49.5 Å². The highest BCUT2D eigenvalue weighted by atomic mass is 16.3. The van der Waals surface area contributed by atoms with Crippen LogP contribution in [-0.2, 0) is 0 Å². The first kappa shape index (κ1) is 14.3. The normalized spacial score (nSPS) is 37.0. The van der Waals surface area contributed by atoms with E-state index in [1.54, 1.807) is 0 Å². The number of nitrogens with two attached hydrogens (primary N) is 1. The highest BCUT2D eigenvalue weighted by molar-refractivity contribution is 4.93. The van der Waals surface area contributed by atoms with E-state index in [1.807, 2.05) is 0 Å². The minimum absolute atomic E-state index is 0.424. The van der Waals surface area contributed by atoms with Crippen molar-refractivity contribution in [3.63, 3.8) is 0 Å². The predicted octanol–water partition coefficient (Wildman–Crippen LogP) is 1.99. The van der Waals surface area contributed by atoms with Gasteiger partial charge in [-0.1, -0.05) is 20.3 Å². The van der Waals surface area contributed by atoms with Crippen LogP contribution in [0.25, 0.3) is 0 Å². The van der Waals surface area contributed by atoms with Gasteiger partial charge in [0.15, 0.2) is 0 Å². The first-order valence-electron chi connectivity index (χ1n) is 7.60. The summed E-state index contributed by atoms with van der Waals surface area (Å²) < 4.78 is 0. The van der Waals surface area contributed by atoms with E-state index in [9.17, 15) is 5.11 Å². The molecule has 0 amide bonds. The lowest BCUT2D eigenvalue weighted by molar-refractivity contribution is 0.00145. The van der Waals surface area contributed by atoms with E-state index >= 15 is 0 Å². The lowest BCUT2D eigenvalue weighted by Gasteiger charge is -2.39. The monoisotopic (exact) mass is 254 g/mol. The largest absolute Gasteiger partial charge is 0.388 e. The van der Waals surface area contributed by atoms with Gasteiger partial charge in [-0.3, -0.25) is 0 Å². The lowest BCUT2D eigenvalue weighted by atomic mass is 9.83. The highest BCUT2D eigenvalue weighted by Gasteiger charge is 2.39. The molecule has 3 nitrogen and oxygen atoms in total. The standard InChI is InChI=1S/C15H30N2O/c1-14(2)7-4-9-17(12-14)10-6-13-5-3-8-15(13,18)11-16/h13,18H,3-12,16H2,1-2H3. The van der Waals surface area contributed by atoms with Crippen molar-refractivity contribution in [3.8, 4) is 0 Å². The molecule has 2 unspecified atom stereocenters. The van der Waals surface area contributed by atoms with E-state index < -0.39 is 5.60 Å². The van der Waals surface area contributed by atoms with Gasteiger partial charge in [0.05, 0.1) is 5.60 Å². The van der Waals surface area contributed by atoms with E-state index in [2.05, 4.69) is 18.7 Å². The van der Waals surface area contributed by atoms with Crippen LogP contribution >= 0.6 is 0 Å². The first-order chi connectivity index (χ1) is 8.45. The van der Waals surface area contributed by atoms with Crippen molar-refractivity contribution in [3.05, 3.63) is 0 Å². The summed E-state index contributed by atoms with van der Waals surface area (Å²) in [5.74, 6) is 0.424. The average molecular weight is 254 g/mol. The fourth-order valence-corrected chi connectivity index (χ4v) is 3.88. The number of nitrogens with zero attached hydrogens (tertiary/aromatic N) is 1. The zero-order valence-corrected chi connectivity index (χ0v) is 12.1. The van der Waals surface area contributed by atoms with Crippen molar-refractivity contribution in [2.45, 2.75) is 58.0 Å². The van der Waals surface area contributed by atoms with Crippen molar-refractivity contribution < 1.29 is 5.11 Å². The van der Waals surface area contributed by atoms with Gasteiger partial charge < -0.3 is 15.7 Å². The number of rotatable bonds is 4. The summed E-state index contributed by atoms with van der Waals surface area (Å²) in [5.41, 5.74) is 5.65. The molecule has 3 N–H and O–H groups in total. The van der Waals surface area contributed by atoms with Crippen molar-refractivity contribution in [2.75, 3.05) is 26.2 Å². The molecule has 1 saturated carbocycles. The van der Waals surface area contributed by atoms with Crippen LogP contribution in [0.3, 0.4) is 0 Å². The average Bonchev–Trinajstić information content (AvgIpc) is 2.68. The van der Waals surface area contributed by atoms with Crippen LogP contribution in [0.1, 0.15) is 52.4 Å². The van der Waals surface area contributed by atoms with Crippen LogP contribution in [0.5, 0.6) is 0 Å². The van der Waals surface area contributed by atoms with E-state index in [0.29, 0.717) is 17.9 Å². The second-order valence-electron chi connectivity index (χ2n) is 7.23. The Balaban J connectivity index is 1.81. The fraction of sp³-hybridized carbons (Fsp3) is 1.00. The van der Waals surface area contributed by atoms with Crippen molar-refractivity contribution in [2.24, 2.45) is 17.1 Å². The van der Waals surface area contributed by atoms with Gasteiger partial charge in [0.25, 0.3) is 0 Å². The summed E-state index contributed by atoms with van der Waals surface area (Å²) in [6.07, 6.45) is 6.98. The Kier molecular flexibility index (Phi) is 4.35. The molecule has 1 heterocycles. The van der Waals surface area contributed by atoms with Crippen LogP contribution in [0.4, 0.5) is 0 Å². The summed E-state index contributed by atoms with van der Waals surface area (Å²) in [6.45, 7) is 8.74. The number of hydrogen-bond acceptors (Lipinski definition) is 3. The van der Waals surface area contributed by atoms with Gasteiger partial charge in [-0.05, 0) is 56.5 Å². The molecule has 2 aliphatic rings. The molecule has 0 spiro atoms. The molecule has 0 aromatic heterocycles. The van der Waals surface area contributed by atoms with Gasteiger partial charge in [0.2, 0.25) is 0 Å². The number of aliphatic hydroxyl groups is 1. The molecule has 0 bridgehead atoms. The molecule has 2 rings (SSSR count). The SMILES string of the molecule is CC1(C)CCCN(CCC2CCCC2(O)CN)C1. The third-order valence-electron chi connectivity index (χ3n) is 5.05. The van der Waals surface area contributed by atoms with Crippen LogP contribution in [-0.4, -0.2) is 41.8 Å². The molecule has 2 atom stereocenters. The Labute approximate surface area is 112 Å². The predicted molar refractivity (Wildman–Crippen MR) is 75.4 cm³/mol. The smallest absolute Gasteiger partial charge is 0.0797 e. The summed E-state index contributed by atoms with van der Waals surface area (Å²) in [5, 5.41) is 10.4. The Morgan fingerprint density at radius 2 is 2.06 bits per heavy atom. The molecule has 3 heteroatoms. The van der Waals surface area contributed by atoms with Crippen molar-refractivity contribution >= 4 is 0 Å². The first-order valence-corrected chi connectivity index (χ1v) is 7.60. The van der Waals surface area contributed by atoms with Gasteiger partial charge in [0.1, 0.15) is 0 Å². The fourth-order valence-electron chi connectivity index (χ4n) is 3.88. The summed E-state index contributed by atoms with van der Waals surface area (Å²) in [4.78, 5) is 2.58. The molecular formula is C15H30N2O. The lowest BCUT2D eigenvalue weighted by Crippen LogP contribution is -2.44. The second kappa shape index (κ2) is 5.48. The summed E-state index contributed by atoms with van der Waals surface area (Å²) >= 11 is 0. The Hall–Kier alpha value is -0.120. The zero-order valence-electron chi connectivity index (χ0n) is 12.1. The Bertz CT molecular complexity index is 280. The van der Waals surface area contributed by atoms with Crippen molar-refractivity contribution in [1.82, 2.24) is 4.90 Å². The van der Waals surface area contributed by atoms with Crippen LogP contribution in [0.2, 0.25) is 0 Å². The molecule has 0 radical (unpaired) electrons. The molecule has 1 saturated heterocycles. The molecule has 1 aliphatic heterocycles. The third-order valence-corrected chi connectivity index (χ3v) is 5.05. The minimum Gasteiger partial charge on any atom is -0.388 e. The molecule has 2 fully saturated rings. The molecule has 0 aromatic rings. The van der Waals surface area contributed by atoms with Gasteiger partial charge >= 0.3 is 0 Å². The van der Waals surface area contributed by atoms with Crippen LogP contribution in [0.15, 0.2) is 0 Å². The molecule has 1 aliphatic carbocycles. The Morgan fingerprint density at radius 3 is 2.72 bits per heavy atom. The minimum atomic E-state index is -0.564. The van der Waals surface area contributed by atoms with Gasteiger partial charge in [-0.2, -0.15) is 0 Å². The number of hydrogen-bond donors (Lipinski definition) is 2. The highest BCUT2D eigenvalue weighted by Crippen LogP contribution is 2.37. The van der Waals surface area contributed by atoms with Crippen molar-refractivity contribution in [1.29, 1.82) is 0 Å². The quantitative estimate of drug-likeness (QED) is 0.806. The maximum Gasteiger partial charge on any atom is 0.0797 e. The van der Waals surface area contributed by atoms with E-state index in [1.165, 1.54) is 25.9 Å². The third kappa shape index (κ3) is 3.25. The second-order valence-corrected chi connectivity index (χ2v) is 7.23. The van der Waals surface area contributed by atoms with Gasteiger partial charge in [0, 0.05) is 13.1 Å². The maximum absolute atomic E-state index is 10.4. The van der Waals surface area contributed by atoms with E-state index in [-0.39, 0.29) is 0 Å². The van der Waals surface area contributed by atoms with E-state index in [4.69, 9.17) is 5.73 Å². The molecule has 0 aromatic carbocycles. The van der Waals surface area contributed by atoms with Gasteiger partial charge in [-0.25, -0.2) is 0 Å². The van der Waals surface area contributed by atoms with Crippen LogP contribution < -0.4 is 5.73 Å². The Morgan fingerprint density at radius 1 is 1.28 bits per heavy atom. The van der Waals surface area contributed by atoms with Crippen LogP contribution in [0, 0.1) is 11.3 Å². The number of piperidine rings is 1. The summed E-state index contributed by atoms with van der Waals surface area (Å²) in [6, 6.07) is 0. The molecule has 106 valence electrons. The summed E-state index contributed by atoms with van der Waals surface area (Å²) in [7, 11) is 0. The number of likely N-dealkylation sites (tertiary alicyclic amines) is 1.